The van der Waals surface area contributed by atoms with Gasteiger partial charge in [-0.05, 0) is 62.1 Å². The number of benzene rings is 1. The molecule has 0 bridgehead atoms. The summed E-state index contributed by atoms with van der Waals surface area (Å²) in [4.78, 5) is 12.9. The van der Waals surface area contributed by atoms with Crippen molar-refractivity contribution >= 4 is 11.6 Å². The van der Waals surface area contributed by atoms with Crippen LogP contribution in [0.3, 0.4) is 0 Å². The first kappa shape index (κ1) is 16.4. The highest BCUT2D eigenvalue weighted by Gasteiger charge is 2.27. The Morgan fingerprint density at radius 3 is 2.91 bits per heavy atom. The first-order valence-electron chi connectivity index (χ1n) is 9.38. The molecular weight excluding hydrogens is 284 g/mol. The predicted octanol–water partition coefficient (Wildman–Crippen LogP) is 4.44. The number of aryl methyl sites for hydroxylation is 1. The maximum absolute atomic E-state index is 12.9. The summed E-state index contributed by atoms with van der Waals surface area (Å²) < 4.78 is 0. The molecule has 1 saturated carbocycles. The predicted molar refractivity (Wildman–Crippen MR) is 96.1 cm³/mol. The molecule has 1 fully saturated rings. The van der Waals surface area contributed by atoms with Gasteiger partial charge in [0.15, 0.2) is 0 Å². The van der Waals surface area contributed by atoms with Gasteiger partial charge in [-0.25, -0.2) is 0 Å². The maximum Gasteiger partial charge on any atom is 0.253 e. The third-order valence-electron chi connectivity index (χ3n) is 5.58. The number of amides is 1. The van der Waals surface area contributed by atoms with Crippen LogP contribution >= 0.6 is 0 Å². The minimum Gasteiger partial charge on any atom is -0.384 e. The molecule has 1 amide bonds. The summed E-state index contributed by atoms with van der Waals surface area (Å²) in [7, 11) is 0. The summed E-state index contributed by atoms with van der Waals surface area (Å²) >= 11 is 0. The lowest BCUT2D eigenvalue weighted by Crippen LogP contribution is -2.42. The van der Waals surface area contributed by atoms with Crippen LogP contribution in [0.5, 0.6) is 0 Å². The molecule has 0 aromatic heterocycles. The highest BCUT2D eigenvalue weighted by Crippen LogP contribution is 2.31. The highest BCUT2D eigenvalue weighted by atomic mass is 16.1. The summed E-state index contributed by atoms with van der Waals surface area (Å²) in [6.07, 6.45) is 9.64. The summed E-state index contributed by atoms with van der Waals surface area (Å²) in [6, 6.07) is 4.46. The van der Waals surface area contributed by atoms with Gasteiger partial charge < -0.3 is 10.6 Å². The molecule has 1 heterocycles. The van der Waals surface area contributed by atoms with Gasteiger partial charge in [-0.3, -0.25) is 4.79 Å². The van der Waals surface area contributed by atoms with Crippen molar-refractivity contribution in [1.82, 2.24) is 5.32 Å². The molecule has 126 valence electrons. The molecule has 1 aliphatic carbocycles. The third kappa shape index (κ3) is 3.54. The standard InChI is InChI=1S/C20H30N2O/c1-3-7-15-8-4-5-10-18(15)22-20(23)17-12-11-14(2)16-9-6-13-21-19(16)17/h11-12,15,18,21H,3-10,13H2,1-2H3,(H,22,23). The number of carbonyl (C=O) groups is 1. The van der Waals surface area contributed by atoms with Crippen LogP contribution in [0.4, 0.5) is 5.69 Å². The van der Waals surface area contributed by atoms with Crippen molar-refractivity contribution in [3.8, 4) is 0 Å². The van der Waals surface area contributed by atoms with Gasteiger partial charge in [-0.2, -0.15) is 0 Å². The molecule has 2 N–H and O–H groups in total. The largest absolute Gasteiger partial charge is 0.384 e. The Bertz CT molecular complexity index is 565. The SMILES string of the molecule is CCCC1CCCCC1NC(=O)c1ccc(C)c2c1NCCC2. The lowest BCUT2D eigenvalue weighted by molar-refractivity contribution is 0.0903. The Hall–Kier alpha value is -1.51. The number of rotatable bonds is 4. The van der Waals surface area contributed by atoms with E-state index in [1.807, 2.05) is 6.07 Å². The van der Waals surface area contributed by atoms with Gasteiger partial charge in [0.25, 0.3) is 5.91 Å². The molecule has 0 saturated heterocycles. The second kappa shape index (κ2) is 7.37. The van der Waals surface area contributed by atoms with Crippen molar-refractivity contribution in [1.29, 1.82) is 0 Å². The minimum absolute atomic E-state index is 0.114. The Balaban J connectivity index is 1.78. The third-order valence-corrected chi connectivity index (χ3v) is 5.58. The van der Waals surface area contributed by atoms with E-state index in [2.05, 4.69) is 30.5 Å². The van der Waals surface area contributed by atoms with Crippen LogP contribution < -0.4 is 10.6 Å². The molecule has 2 aliphatic rings. The van der Waals surface area contributed by atoms with Crippen LogP contribution in [0.25, 0.3) is 0 Å². The van der Waals surface area contributed by atoms with Crippen LogP contribution in [0, 0.1) is 12.8 Å². The zero-order valence-electron chi connectivity index (χ0n) is 14.6. The quantitative estimate of drug-likeness (QED) is 0.862. The van der Waals surface area contributed by atoms with Crippen molar-refractivity contribution in [2.24, 2.45) is 5.92 Å². The van der Waals surface area contributed by atoms with Gasteiger partial charge in [-0.1, -0.05) is 32.3 Å². The zero-order valence-corrected chi connectivity index (χ0v) is 14.6. The average molecular weight is 314 g/mol. The van der Waals surface area contributed by atoms with Crippen LogP contribution in [-0.4, -0.2) is 18.5 Å². The van der Waals surface area contributed by atoms with Crippen LogP contribution in [0.2, 0.25) is 0 Å². The average Bonchev–Trinajstić information content (AvgIpc) is 2.57. The molecule has 3 heteroatoms. The van der Waals surface area contributed by atoms with Crippen molar-refractivity contribution in [2.45, 2.75) is 71.3 Å². The second-order valence-corrected chi connectivity index (χ2v) is 7.23. The van der Waals surface area contributed by atoms with Crippen LogP contribution in [-0.2, 0) is 6.42 Å². The molecule has 2 unspecified atom stereocenters. The first-order valence-corrected chi connectivity index (χ1v) is 9.38. The molecule has 0 radical (unpaired) electrons. The van der Waals surface area contributed by atoms with E-state index < -0.39 is 0 Å². The van der Waals surface area contributed by atoms with Crippen LogP contribution in [0.15, 0.2) is 12.1 Å². The van der Waals surface area contributed by atoms with Crippen molar-refractivity contribution in [3.05, 3.63) is 28.8 Å². The number of hydrogen-bond donors (Lipinski definition) is 2. The van der Waals surface area contributed by atoms with E-state index >= 15 is 0 Å². The normalized spacial score (nSPS) is 23.7. The Labute approximate surface area is 140 Å². The maximum atomic E-state index is 12.9. The van der Waals surface area contributed by atoms with Gasteiger partial charge in [0.05, 0.1) is 11.3 Å². The molecule has 3 nitrogen and oxygen atoms in total. The summed E-state index contributed by atoms with van der Waals surface area (Å²) in [5.74, 6) is 0.774. The lowest BCUT2D eigenvalue weighted by Gasteiger charge is -2.32. The Kier molecular flexibility index (Phi) is 5.24. The smallest absolute Gasteiger partial charge is 0.253 e. The van der Waals surface area contributed by atoms with E-state index in [0.29, 0.717) is 12.0 Å². The van der Waals surface area contributed by atoms with E-state index in [1.54, 1.807) is 0 Å². The number of carbonyl (C=O) groups excluding carboxylic acids is 1. The summed E-state index contributed by atoms with van der Waals surface area (Å²) in [5, 5.41) is 6.83. The molecule has 1 aromatic carbocycles. The monoisotopic (exact) mass is 314 g/mol. The Morgan fingerprint density at radius 2 is 2.09 bits per heavy atom. The fourth-order valence-electron chi connectivity index (χ4n) is 4.30. The second-order valence-electron chi connectivity index (χ2n) is 7.23. The van der Waals surface area contributed by atoms with E-state index in [-0.39, 0.29) is 5.91 Å². The van der Waals surface area contributed by atoms with Gasteiger partial charge in [0.1, 0.15) is 0 Å². The number of fused-ring (bicyclic) bond motifs is 1. The molecular formula is C20H30N2O. The van der Waals surface area contributed by atoms with E-state index in [9.17, 15) is 4.79 Å². The van der Waals surface area contributed by atoms with Crippen molar-refractivity contribution < 1.29 is 4.79 Å². The van der Waals surface area contributed by atoms with Crippen molar-refractivity contribution in [2.75, 3.05) is 11.9 Å². The summed E-state index contributed by atoms with van der Waals surface area (Å²) in [5.41, 5.74) is 4.55. The van der Waals surface area contributed by atoms with Gasteiger partial charge in [0, 0.05) is 12.6 Å². The topological polar surface area (TPSA) is 41.1 Å². The number of hydrogen-bond acceptors (Lipinski definition) is 2. The molecule has 1 aliphatic heterocycles. The van der Waals surface area contributed by atoms with E-state index in [0.717, 1.165) is 37.1 Å². The fraction of sp³-hybridized carbons (Fsp3) is 0.650. The van der Waals surface area contributed by atoms with Gasteiger partial charge in [0.2, 0.25) is 0 Å². The zero-order chi connectivity index (χ0) is 16.2. The fourth-order valence-corrected chi connectivity index (χ4v) is 4.30. The minimum atomic E-state index is 0.114. The molecule has 2 atom stereocenters. The molecule has 0 spiro atoms. The van der Waals surface area contributed by atoms with E-state index in [4.69, 9.17) is 0 Å². The van der Waals surface area contributed by atoms with Crippen LogP contribution in [0.1, 0.15) is 73.4 Å². The molecule has 1 aromatic rings. The number of anilines is 1. The van der Waals surface area contributed by atoms with E-state index in [1.165, 1.54) is 43.2 Å². The summed E-state index contributed by atoms with van der Waals surface area (Å²) in [6.45, 7) is 5.36. The van der Waals surface area contributed by atoms with Gasteiger partial charge in [-0.15, -0.1) is 0 Å². The first-order chi connectivity index (χ1) is 11.2. The molecule has 3 rings (SSSR count). The van der Waals surface area contributed by atoms with Crippen molar-refractivity contribution in [3.63, 3.8) is 0 Å². The highest BCUT2D eigenvalue weighted by molar-refractivity contribution is 6.00. The lowest BCUT2D eigenvalue weighted by atomic mass is 9.81. The number of nitrogens with one attached hydrogen (secondary N) is 2. The van der Waals surface area contributed by atoms with Gasteiger partial charge >= 0.3 is 0 Å². The Morgan fingerprint density at radius 1 is 1.26 bits per heavy atom. The molecule has 23 heavy (non-hydrogen) atoms.